The van der Waals surface area contributed by atoms with Crippen LogP contribution < -0.4 is 10.1 Å². The van der Waals surface area contributed by atoms with E-state index in [1.54, 1.807) is 17.9 Å². The topological polar surface area (TPSA) is 106 Å². The first kappa shape index (κ1) is 27.7. The molecule has 2 aromatic heterocycles. The molecule has 0 aliphatic rings. The predicted octanol–water partition coefficient (Wildman–Crippen LogP) is 5.35. The Morgan fingerprint density at radius 1 is 1.05 bits per heavy atom. The first-order valence-electron chi connectivity index (χ1n) is 12.4. The summed E-state index contributed by atoms with van der Waals surface area (Å²) in [5.74, 6) is 1.19. The Balaban J connectivity index is 1.56. The largest absolute Gasteiger partial charge is 0.497 e. The molecule has 1 N–H and O–H groups in total. The highest BCUT2D eigenvalue weighted by molar-refractivity contribution is 7.89. The number of carbonyl (C=O) groups excluding carboxylic acids is 1. The molecule has 0 atom stereocenters. The van der Waals surface area contributed by atoms with Crippen molar-refractivity contribution >= 4 is 43.3 Å². The molecule has 0 unspecified atom stereocenters. The van der Waals surface area contributed by atoms with E-state index in [2.05, 4.69) is 15.4 Å². The number of anilines is 1. The van der Waals surface area contributed by atoms with Crippen LogP contribution in [0.5, 0.6) is 5.75 Å². The Hall–Kier alpha value is -3.28. The van der Waals surface area contributed by atoms with E-state index < -0.39 is 10.0 Å². The fourth-order valence-electron chi connectivity index (χ4n) is 4.05. The number of nitrogens with zero attached hydrogens (tertiary/aromatic N) is 4. The van der Waals surface area contributed by atoms with Crippen LogP contribution >= 0.6 is 11.3 Å². The molecular weight excluding hydrogens is 522 g/mol. The number of thiazole rings is 1. The number of ether oxygens (including phenoxy) is 1. The molecule has 0 saturated heterocycles. The van der Waals surface area contributed by atoms with Crippen LogP contribution in [0.1, 0.15) is 43.7 Å². The summed E-state index contributed by atoms with van der Waals surface area (Å²) in [7, 11) is -2.07. The second-order valence-corrected chi connectivity index (χ2v) is 12.9. The second-order valence-electron chi connectivity index (χ2n) is 10.0. The lowest BCUT2D eigenvalue weighted by atomic mass is 10.2. The van der Waals surface area contributed by atoms with Gasteiger partial charge in [-0.15, -0.1) is 0 Å². The number of fused-ring (bicyclic) bond motifs is 1. The minimum absolute atomic E-state index is 0.168. The number of nitrogens with one attached hydrogen (secondary N) is 1. The van der Waals surface area contributed by atoms with E-state index in [0.29, 0.717) is 41.0 Å². The Morgan fingerprint density at radius 2 is 1.71 bits per heavy atom. The molecule has 0 aliphatic heterocycles. The molecule has 2 aromatic carbocycles. The molecular formula is C27H33N5O4S2. The monoisotopic (exact) mass is 555 g/mol. The minimum atomic E-state index is -3.68. The number of amides is 1. The molecule has 1 amide bonds. The van der Waals surface area contributed by atoms with E-state index in [-0.39, 0.29) is 22.6 Å². The standard InChI is InChI=1S/C27H33N5O4S2/c1-17(2)15-31(16-18(3)4)38(34,35)22-10-7-20(8-11-22)26(33)29-25-13-19(5)30-32(25)27-28-23-14-21(36-6)9-12-24(23)37-27/h7-14,17-18H,15-16H2,1-6H3,(H,29,33). The summed E-state index contributed by atoms with van der Waals surface area (Å²) >= 11 is 1.45. The summed E-state index contributed by atoms with van der Waals surface area (Å²) in [6.45, 7) is 10.7. The summed E-state index contributed by atoms with van der Waals surface area (Å²) in [6.07, 6.45) is 0. The van der Waals surface area contributed by atoms with Gasteiger partial charge in [-0.1, -0.05) is 39.0 Å². The molecule has 0 radical (unpaired) electrons. The number of hydrogen-bond acceptors (Lipinski definition) is 7. The first-order chi connectivity index (χ1) is 18.0. The zero-order chi connectivity index (χ0) is 27.6. The lowest BCUT2D eigenvalue weighted by Gasteiger charge is -2.25. The molecule has 11 heteroatoms. The normalized spacial score (nSPS) is 12.1. The molecule has 4 rings (SSSR count). The number of rotatable bonds is 10. The molecule has 2 heterocycles. The molecule has 0 bridgehead atoms. The third kappa shape index (κ3) is 6.06. The maximum absolute atomic E-state index is 13.3. The Labute approximate surface area is 227 Å². The Morgan fingerprint density at radius 3 is 2.32 bits per heavy atom. The highest BCUT2D eigenvalue weighted by Crippen LogP contribution is 2.30. The van der Waals surface area contributed by atoms with E-state index in [9.17, 15) is 13.2 Å². The molecule has 0 spiro atoms. The molecule has 0 fully saturated rings. The van der Waals surface area contributed by atoms with Crippen LogP contribution in [0.15, 0.2) is 53.4 Å². The predicted molar refractivity (Wildman–Crippen MR) is 151 cm³/mol. The molecule has 0 saturated carbocycles. The van der Waals surface area contributed by atoms with Crippen LogP contribution in [-0.2, 0) is 10.0 Å². The zero-order valence-electron chi connectivity index (χ0n) is 22.4. The van der Waals surface area contributed by atoms with E-state index in [1.807, 2.05) is 52.8 Å². The average Bonchev–Trinajstić information content (AvgIpc) is 3.45. The number of hydrogen-bond donors (Lipinski definition) is 1. The van der Waals surface area contributed by atoms with Gasteiger partial charge >= 0.3 is 0 Å². The number of benzene rings is 2. The van der Waals surface area contributed by atoms with Crippen molar-refractivity contribution < 1.29 is 17.9 Å². The van der Waals surface area contributed by atoms with Crippen molar-refractivity contribution in [2.45, 2.75) is 39.5 Å². The molecule has 0 aliphatic carbocycles. The van der Waals surface area contributed by atoms with Crippen molar-refractivity contribution in [2.24, 2.45) is 11.8 Å². The number of carbonyl (C=O) groups is 1. The quantitative estimate of drug-likeness (QED) is 0.283. The highest BCUT2D eigenvalue weighted by atomic mass is 32.2. The first-order valence-corrected chi connectivity index (χ1v) is 14.7. The van der Waals surface area contributed by atoms with Gasteiger partial charge in [0.25, 0.3) is 5.91 Å². The Kier molecular flexibility index (Phi) is 8.19. The molecule has 38 heavy (non-hydrogen) atoms. The summed E-state index contributed by atoms with van der Waals surface area (Å²) < 4.78 is 36.0. The van der Waals surface area contributed by atoms with Gasteiger partial charge in [-0.2, -0.15) is 14.1 Å². The average molecular weight is 556 g/mol. The van der Waals surface area contributed by atoms with Gasteiger partial charge in [0.15, 0.2) is 0 Å². The lowest BCUT2D eigenvalue weighted by Crippen LogP contribution is -2.37. The van der Waals surface area contributed by atoms with E-state index >= 15 is 0 Å². The van der Waals surface area contributed by atoms with E-state index in [1.165, 1.54) is 39.9 Å². The van der Waals surface area contributed by atoms with Crippen molar-refractivity contribution in [3.05, 3.63) is 59.8 Å². The van der Waals surface area contributed by atoms with Crippen LogP contribution in [0.25, 0.3) is 15.3 Å². The van der Waals surface area contributed by atoms with Gasteiger partial charge in [-0.05, 0) is 55.2 Å². The van der Waals surface area contributed by atoms with Crippen LogP contribution in [-0.4, -0.2) is 53.6 Å². The summed E-state index contributed by atoms with van der Waals surface area (Å²) in [5.41, 5.74) is 1.83. The number of aromatic nitrogens is 3. The molecule has 4 aromatic rings. The maximum atomic E-state index is 13.3. The zero-order valence-corrected chi connectivity index (χ0v) is 24.1. The van der Waals surface area contributed by atoms with E-state index in [4.69, 9.17) is 4.74 Å². The highest BCUT2D eigenvalue weighted by Gasteiger charge is 2.26. The van der Waals surface area contributed by atoms with Crippen molar-refractivity contribution in [3.63, 3.8) is 0 Å². The molecule has 9 nitrogen and oxygen atoms in total. The summed E-state index contributed by atoms with van der Waals surface area (Å²) in [4.78, 5) is 17.9. The summed E-state index contributed by atoms with van der Waals surface area (Å²) in [5, 5.41) is 8.01. The SMILES string of the molecule is COc1ccc2sc(-n3nc(C)cc3NC(=O)c3ccc(S(=O)(=O)N(CC(C)C)CC(C)C)cc3)nc2c1. The van der Waals surface area contributed by atoms with Crippen molar-refractivity contribution in [1.29, 1.82) is 0 Å². The number of sulfonamides is 1. The van der Waals surface area contributed by atoms with Crippen LogP contribution in [0.4, 0.5) is 5.82 Å². The van der Waals surface area contributed by atoms with Gasteiger partial charge in [0.1, 0.15) is 11.6 Å². The van der Waals surface area contributed by atoms with Crippen molar-refractivity contribution in [2.75, 3.05) is 25.5 Å². The van der Waals surface area contributed by atoms with E-state index in [0.717, 1.165) is 10.2 Å². The van der Waals surface area contributed by atoms with Gasteiger partial charge < -0.3 is 10.1 Å². The van der Waals surface area contributed by atoms with Crippen LogP contribution in [0.3, 0.4) is 0 Å². The number of methoxy groups -OCH3 is 1. The van der Waals surface area contributed by atoms with Crippen LogP contribution in [0, 0.1) is 18.8 Å². The smallest absolute Gasteiger partial charge is 0.256 e. The van der Waals surface area contributed by atoms with Crippen LogP contribution in [0.2, 0.25) is 0 Å². The van der Waals surface area contributed by atoms with Gasteiger partial charge in [-0.3, -0.25) is 4.79 Å². The second kappa shape index (κ2) is 11.2. The fourth-order valence-corrected chi connectivity index (χ4v) is 6.73. The van der Waals surface area contributed by atoms with Gasteiger partial charge in [0, 0.05) is 30.8 Å². The van der Waals surface area contributed by atoms with Gasteiger partial charge in [-0.25, -0.2) is 13.4 Å². The fraction of sp³-hybridized carbons (Fsp3) is 0.370. The van der Waals surface area contributed by atoms with Crippen molar-refractivity contribution in [3.8, 4) is 10.9 Å². The maximum Gasteiger partial charge on any atom is 0.256 e. The number of aryl methyl sites for hydroxylation is 1. The van der Waals surface area contributed by atoms with Gasteiger partial charge in [0.05, 0.1) is 27.9 Å². The third-order valence-corrected chi connectivity index (χ3v) is 8.59. The third-order valence-electron chi connectivity index (χ3n) is 5.73. The minimum Gasteiger partial charge on any atom is -0.497 e. The summed E-state index contributed by atoms with van der Waals surface area (Å²) in [6, 6.07) is 13.5. The molecule has 202 valence electrons. The van der Waals surface area contributed by atoms with Gasteiger partial charge in [0.2, 0.25) is 15.2 Å². The lowest BCUT2D eigenvalue weighted by molar-refractivity contribution is 0.102. The van der Waals surface area contributed by atoms with Crippen molar-refractivity contribution in [1.82, 2.24) is 19.1 Å². The Bertz CT molecular complexity index is 1530.